The lowest BCUT2D eigenvalue weighted by molar-refractivity contribution is 0.414. The number of methoxy groups -OCH3 is 1. The molecule has 3 rings (SSSR count). The van der Waals surface area contributed by atoms with Gasteiger partial charge in [0, 0.05) is 24.7 Å². The summed E-state index contributed by atoms with van der Waals surface area (Å²) in [5.74, 6) is 1.64. The molecule has 114 valence electrons. The minimum atomic E-state index is 0.627. The molecule has 1 N–H and O–H groups in total. The minimum Gasteiger partial charge on any atom is -0.497 e. The Hall–Kier alpha value is -2.76. The van der Waals surface area contributed by atoms with Gasteiger partial charge in [0.1, 0.15) is 12.0 Å². The highest BCUT2D eigenvalue weighted by atomic mass is 16.5. The van der Waals surface area contributed by atoms with Crippen molar-refractivity contribution in [3.63, 3.8) is 0 Å². The zero-order valence-electron chi connectivity index (χ0n) is 12.8. The standard InChI is InChI=1S/C16H18N4O2/c1-11-13(10-22-19-11)8-17-16-18-9-15(20(16)2)12-4-6-14(21-3)7-5-12/h4-7,9-10H,8H2,1-3H3,(H,17,18). The fourth-order valence-corrected chi connectivity index (χ4v) is 2.26. The molecule has 0 aliphatic heterocycles. The third-order valence-electron chi connectivity index (χ3n) is 3.66. The number of nitrogens with one attached hydrogen (secondary N) is 1. The van der Waals surface area contributed by atoms with E-state index in [-0.39, 0.29) is 0 Å². The average molecular weight is 298 g/mol. The molecule has 0 amide bonds. The summed E-state index contributed by atoms with van der Waals surface area (Å²) in [5, 5.41) is 7.16. The highest BCUT2D eigenvalue weighted by molar-refractivity contribution is 5.62. The van der Waals surface area contributed by atoms with Gasteiger partial charge in [0.2, 0.25) is 5.95 Å². The van der Waals surface area contributed by atoms with Crippen LogP contribution in [-0.2, 0) is 13.6 Å². The second-order valence-electron chi connectivity index (χ2n) is 5.03. The van der Waals surface area contributed by atoms with Crippen molar-refractivity contribution in [2.75, 3.05) is 12.4 Å². The first kappa shape index (κ1) is 14.2. The zero-order chi connectivity index (χ0) is 15.5. The SMILES string of the molecule is COc1ccc(-c2cnc(NCc3conc3C)n2C)cc1. The molecule has 0 fully saturated rings. The zero-order valence-corrected chi connectivity index (χ0v) is 12.8. The summed E-state index contributed by atoms with van der Waals surface area (Å²) in [5.41, 5.74) is 4.03. The monoisotopic (exact) mass is 298 g/mol. The number of aromatic nitrogens is 3. The fourth-order valence-electron chi connectivity index (χ4n) is 2.26. The van der Waals surface area contributed by atoms with Crippen molar-refractivity contribution in [3.05, 3.63) is 48.0 Å². The molecule has 1 aromatic carbocycles. The van der Waals surface area contributed by atoms with Gasteiger partial charge in [0.15, 0.2) is 0 Å². The lowest BCUT2D eigenvalue weighted by Gasteiger charge is -2.08. The Bertz CT molecular complexity index is 759. The van der Waals surface area contributed by atoms with Crippen LogP contribution in [0.5, 0.6) is 5.75 Å². The minimum absolute atomic E-state index is 0.627. The predicted octanol–water partition coefficient (Wildman–Crippen LogP) is 3.00. The average Bonchev–Trinajstić information content (AvgIpc) is 3.11. The number of nitrogens with zero attached hydrogens (tertiary/aromatic N) is 3. The van der Waals surface area contributed by atoms with Crippen molar-refractivity contribution in [1.82, 2.24) is 14.7 Å². The first-order valence-electron chi connectivity index (χ1n) is 6.99. The normalized spacial score (nSPS) is 10.7. The van der Waals surface area contributed by atoms with Gasteiger partial charge in [-0.2, -0.15) is 0 Å². The molecule has 0 atom stereocenters. The van der Waals surface area contributed by atoms with E-state index in [0.29, 0.717) is 6.54 Å². The summed E-state index contributed by atoms with van der Waals surface area (Å²) >= 11 is 0. The third kappa shape index (κ3) is 2.67. The van der Waals surface area contributed by atoms with Gasteiger partial charge in [-0.15, -0.1) is 0 Å². The van der Waals surface area contributed by atoms with E-state index in [4.69, 9.17) is 9.26 Å². The first-order valence-corrected chi connectivity index (χ1v) is 6.99. The van der Waals surface area contributed by atoms with E-state index in [0.717, 1.165) is 34.2 Å². The lowest BCUT2D eigenvalue weighted by atomic mass is 10.1. The van der Waals surface area contributed by atoms with Gasteiger partial charge in [0.25, 0.3) is 0 Å². The molecule has 0 unspecified atom stereocenters. The van der Waals surface area contributed by atoms with Crippen molar-refractivity contribution < 1.29 is 9.26 Å². The summed E-state index contributed by atoms with van der Waals surface area (Å²) < 4.78 is 12.1. The largest absolute Gasteiger partial charge is 0.497 e. The van der Waals surface area contributed by atoms with Gasteiger partial charge in [-0.05, 0) is 31.2 Å². The maximum absolute atomic E-state index is 5.18. The van der Waals surface area contributed by atoms with E-state index in [9.17, 15) is 0 Å². The van der Waals surface area contributed by atoms with Crippen LogP contribution >= 0.6 is 0 Å². The van der Waals surface area contributed by atoms with Crippen molar-refractivity contribution in [2.24, 2.45) is 7.05 Å². The number of aryl methyl sites for hydroxylation is 1. The van der Waals surface area contributed by atoms with Crippen LogP contribution in [0.2, 0.25) is 0 Å². The van der Waals surface area contributed by atoms with Crippen LogP contribution in [0.3, 0.4) is 0 Å². The Morgan fingerprint density at radius 2 is 2.05 bits per heavy atom. The van der Waals surface area contributed by atoms with Crippen LogP contribution in [0.1, 0.15) is 11.3 Å². The molecule has 0 bridgehead atoms. The molecule has 0 aliphatic rings. The topological polar surface area (TPSA) is 65.1 Å². The molecule has 6 nitrogen and oxygen atoms in total. The van der Waals surface area contributed by atoms with Gasteiger partial charge in [0.05, 0.1) is 24.7 Å². The Labute approximate surface area is 128 Å². The van der Waals surface area contributed by atoms with Gasteiger partial charge in [-0.3, -0.25) is 0 Å². The van der Waals surface area contributed by atoms with Crippen LogP contribution in [0.4, 0.5) is 5.95 Å². The second kappa shape index (κ2) is 5.93. The fraction of sp³-hybridized carbons (Fsp3) is 0.250. The Balaban J connectivity index is 1.77. The molecule has 3 aromatic rings. The Morgan fingerprint density at radius 3 is 2.68 bits per heavy atom. The molecule has 0 radical (unpaired) electrons. The van der Waals surface area contributed by atoms with Crippen molar-refractivity contribution in [3.8, 4) is 17.0 Å². The number of ether oxygens (including phenoxy) is 1. The Morgan fingerprint density at radius 1 is 1.27 bits per heavy atom. The smallest absolute Gasteiger partial charge is 0.203 e. The molecular weight excluding hydrogens is 280 g/mol. The summed E-state index contributed by atoms with van der Waals surface area (Å²) in [6.45, 7) is 2.55. The number of anilines is 1. The third-order valence-corrected chi connectivity index (χ3v) is 3.66. The van der Waals surface area contributed by atoms with E-state index >= 15 is 0 Å². The number of rotatable bonds is 5. The highest BCUT2D eigenvalue weighted by Crippen LogP contribution is 2.24. The van der Waals surface area contributed by atoms with Gasteiger partial charge in [-0.1, -0.05) is 5.16 Å². The van der Waals surface area contributed by atoms with E-state index in [1.165, 1.54) is 0 Å². The van der Waals surface area contributed by atoms with Gasteiger partial charge >= 0.3 is 0 Å². The molecule has 22 heavy (non-hydrogen) atoms. The van der Waals surface area contributed by atoms with Crippen molar-refractivity contribution in [2.45, 2.75) is 13.5 Å². The van der Waals surface area contributed by atoms with E-state index in [1.54, 1.807) is 13.4 Å². The number of benzene rings is 1. The first-order chi connectivity index (χ1) is 10.7. The van der Waals surface area contributed by atoms with Gasteiger partial charge < -0.3 is 19.1 Å². The quantitative estimate of drug-likeness (QED) is 0.784. The van der Waals surface area contributed by atoms with Crippen LogP contribution in [0, 0.1) is 6.92 Å². The van der Waals surface area contributed by atoms with E-state index in [2.05, 4.69) is 15.5 Å². The summed E-state index contributed by atoms with van der Waals surface area (Å²) in [7, 11) is 3.64. The predicted molar refractivity (Wildman–Crippen MR) is 83.8 cm³/mol. The summed E-state index contributed by atoms with van der Waals surface area (Å²) in [4.78, 5) is 4.43. The van der Waals surface area contributed by atoms with Crippen LogP contribution < -0.4 is 10.1 Å². The highest BCUT2D eigenvalue weighted by Gasteiger charge is 2.10. The molecular formula is C16H18N4O2. The van der Waals surface area contributed by atoms with Crippen molar-refractivity contribution in [1.29, 1.82) is 0 Å². The number of hydrogen-bond donors (Lipinski definition) is 1. The van der Waals surface area contributed by atoms with E-state index in [1.807, 2.05) is 49.0 Å². The lowest BCUT2D eigenvalue weighted by Crippen LogP contribution is -2.06. The molecule has 2 aromatic heterocycles. The molecule has 0 saturated carbocycles. The summed E-state index contributed by atoms with van der Waals surface area (Å²) in [6, 6.07) is 7.92. The second-order valence-corrected chi connectivity index (χ2v) is 5.03. The molecule has 0 spiro atoms. The molecule has 6 heteroatoms. The maximum atomic E-state index is 5.18. The number of hydrogen-bond acceptors (Lipinski definition) is 5. The maximum Gasteiger partial charge on any atom is 0.203 e. The molecule has 2 heterocycles. The van der Waals surface area contributed by atoms with Gasteiger partial charge in [-0.25, -0.2) is 4.98 Å². The van der Waals surface area contributed by atoms with Crippen molar-refractivity contribution >= 4 is 5.95 Å². The Kier molecular flexibility index (Phi) is 3.82. The number of imidazole rings is 1. The van der Waals surface area contributed by atoms with Crippen LogP contribution in [0.25, 0.3) is 11.3 Å². The van der Waals surface area contributed by atoms with E-state index < -0.39 is 0 Å². The molecule has 0 saturated heterocycles. The van der Waals surface area contributed by atoms with Crippen LogP contribution in [-0.4, -0.2) is 21.8 Å². The molecule has 0 aliphatic carbocycles. The van der Waals surface area contributed by atoms with Crippen LogP contribution in [0.15, 0.2) is 41.2 Å². The summed E-state index contributed by atoms with van der Waals surface area (Å²) in [6.07, 6.45) is 3.50.